The Morgan fingerprint density at radius 2 is 1.93 bits per heavy atom. The number of halogens is 1. The number of anilines is 1. The van der Waals surface area contributed by atoms with E-state index in [0.29, 0.717) is 28.4 Å². The molecule has 29 heavy (non-hydrogen) atoms. The zero-order chi connectivity index (χ0) is 20.5. The lowest BCUT2D eigenvalue weighted by molar-refractivity contribution is -0.139. The summed E-state index contributed by atoms with van der Waals surface area (Å²) in [6, 6.07) is 9.52. The van der Waals surface area contributed by atoms with Gasteiger partial charge in [-0.1, -0.05) is 12.1 Å². The lowest BCUT2D eigenvalue weighted by Crippen LogP contribution is -2.48. The van der Waals surface area contributed by atoms with Crippen LogP contribution in [0.4, 0.5) is 14.9 Å². The first-order valence-corrected chi connectivity index (χ1v) is 9.13. The van der Waals surface area contributed by atoms with Gasteiger partial charge in [-0.2, -0.15) is 0 Å². The molecule has 2 aromatic carbocycles. The maximum absolute atomic E-state index is 13.4. The summed E-state index contributed by atoms with van der Waals surface area (Å²) < 4.78 is 29.3. The van der Waals surface area contributed by atoms with Crippen molar-refractivity contribution in [2.24, 2.45) is 0 Å². The van der Waals surface area contributed by atoms with E-state index in [-0.39, 0.29) is 19.0 Å². The van der Waals surface area contributed by atoms with E-state index in [0.717, 1.165) is 0 Å². The number of ether oxygens (including phenoxy) is 3. The summed E-state index contributed by atoms with van der Waals surface area (Å²) in [5.74, 6) is 0.144. The van der Waals surface area contributed by atoms with E-state index in [4.69, 9.17) is 14.2 Å². The van der Waals surface area contributed by atoms with Crippen molar-refractivity contribution < 1.29 is 28.2 Å². The van der Waals surface area contributed by atoms with Gasteiger partial charge in [0.15, 0.2) is 11.5 Å². The van der Waals surface area contributed by atoms with Crippen LogP contribution in [0.25, 0.3) is 0 Å². The Morgan fingerprint density at radius 3 is 2.66 bits per heavy atom. The highest BCUT2D eigenvalue weighted by Crippen LogP contribution is 2.39. The van der Waals surface area contributed by atoms with Gasteiger partial charge in [-0.05, 0) is 43.7 Å². The first kappa shape index (κ1) is 18.8. The number of carbonyl (C=O) groups is 2. The van der Waals surface area contributed by atoms with Gasteiger partial charge in [0.05, 0.1) is 23.9 Å². The van der Waals surface area contributed by atoms with Gasteiger partial charge in [-0.3, -0.25) is 4.90 Å². The minimum absolute atomic E-state index is 0.112. The number of amides is 2. The molecule has 0 saturated heterocycles. The molecule has 2 amide bonds. The molecule has 0 bridgehead atoms. The molecule has 7 nitrogen and oxygen atoms in total. The number of carbonyl (C=O) groups excluding carboxylic acids is 2. The molecular weight excluding hydrogens is 379 g/mol. The van der Waals surface area contributed by atoms with Crippen molar-refractivity contribution in [1.29, 1.82) is 0 Å². The Balaban J connectivity index is 1.80. The Kier molecular flexibility index (Phi) is 4.84. The second-order valence-corrected chi connectivity index (χ2v) is 6.53. The molecule has 2 aromatic rings. The maximum atomic E-state index is 13.4. The molecular formula is C21H19FN2O5. The van der Waals surface area contributed by atoms with Crippen LogP contribution in [0, 0.1) is 5.82 Å². The van der Waals surface area contributed by atoms with Gasteiger partial charge in [0.25, 0.3) is 0 Å². The van der Waals surface area contributed by atoms with Crippen LogP contribution in [0.3, 0.4) is 0 Å². The number of hydrogen-bond donors (Lipinski definition) is 1. The molecule has 2 aliphatic rings. The van der Waals surface area contributed by atoms with E-state index in [2.05, 4.69) is 5.32 Å². The SMILES string of the molecule is CCOC(=O)C1=C(C)N(c2ccc3c(c2)OCO3)C(=O)NC1c1ccc(F)cc1. The largest absolute Gasteiger partial charge is 0.463 e. The Labute approximate surface area is 166 Å². The highest BCUT2D eigenvalue weighted by molar-refractivity contribution is 6.03. The molecule has 1 atom stereocenters. The Morgan fingerprint density at radius 1 is 1.21 bits per heavy atom. The molecule has 0 aromatic heterocycles. The van der Waals surface area contributed by atoms with E-state index in [1.165, 1.54) is 29.2 Å². The van der Waals surface area contributed by atoms with Gasteiger partial charge >= 0.3 is 12.0 Å². The van der Waals surface area contributed by atoms with Gasteiger partial charge in [0.2, 0.25) is 6.79 Å². The van der Waals surface area contributed by atoms with Crippen LogP contribution < -0.4 is 19.7 Å². The zero-order valence-corrected chi connectivity index (χ0v) is 15.9. The summed E-state index contributed by atoms with van der Waals surface area (Å²) >= 11 is 0. The van der Waals surface area contributed by atoms with E-state index < -0.39 is 23.9 Å². The Hall–Kier alpha value is -3.55. The quantitative estimate of drug-likeness (QED) is 0.796. The third-order valence-electron chi connectivity index (χ3n) is 4.80. The third-order valence-corrected chi connectivity index (χ3v) is 4.80. The number of hydrogen-bond acceptors (Lipinski definition) is 5. The van der Waals surface area contributed by atoms with Crippen LogP contribution in [0.15, 0.2) is 53.7 Å². The van der Waals surface area contributed by atoms with Gasteiger partial charge in [-0.25, -0.2) is 14.0 Å². The fourth-order valence-corrected chi connectivity index (χ4v) is 3.46. The maximum Gasteiger partial charge on any atom is 0.338 e. The summed E-state index contributed by atoms with van der Waals surface area (Å²) in [5, 5.41) is 2.82. The van der Waals surface area contributed by atoms with E-state index in [1.807, 2.05) is 0 Å². The molecule has 0 spiro atoms. The zero-order valence-electron chi connectivity index (χ0n) is 15.9. The predicted molar refractivity (Wildman–Crippen MR) is 102 cm³/mol. The number of nitrogens with zero attached hydrogens (tertiary/aromatic N) is 1. The van der Waals surface area contributed by atoms with E-state index in [1.54, 1.807) is 32.0 Å². The van der Waals surface area contributed by atoms with Crippen molar-refractivity contribution in [3.8, 4) is 11.5 Å². The van der Waals surface area contributed by atoms with Crippen LogP contribution in [0.5, 0.6) is 11.5 Å². The minimum Gasteiger partial charge on any atom is -0.463 e. The van der Waals surface area contributed by atoms with Gasteiger partial charge < -0.3 is 19.5 Å². The Bertz CT molecular complexity index is 1000. The summed E-state index contributed by atoms with van der Waals surface area (Å²) in [5.41, 5.74) is 1.78. The highest BCUT2D eigenvalue weighted by Gasteiger charge is 2.37. The fourth-order valence-electron chi connectivity index (χ4n) is 3.46. The molecule has 150 valence electrons. The lowest BCUT2D eigenvalue weighted by atomic mass is 9.94. The van der Waals surface area contributed by atoms with Crippen LogP contribution in [-0.4, -0.2) is 25.4 Å². The van der Waals surface area contributed by atoms with Crippen molar-refractivity contribution in [2.75, 3.05) is 18.3 Å². The number of benzene rings is 2. The van der Waals surface area contributed by atoms with Crippen molar-refractivity contribution >= 4 is 17.7 Å². The van der Waals surface area contributed by atoms with Crippen LogP contribution >= 0.6 is 0 Å². The number of fused-ring (bicyclic) bond motifs is 1. The van der Waals surface area contributed by atoms with Gasteiger partial charge in [0.1, 0.15) is 5.82 Å². The van der Waals surface area contributed by atoms with E-state index in [9.17, 15) is 14.0 Å². The average molecular weight is 398 g/mol. The third kappa shape index (κ3) is 3.37. The smallest absolute Gasteiger partial charge is 0.338 e. The summed E-state index contributed by atoms with van der Waals surface area (Å²) in [7, 11) is 0. The topological polar surface area (TPSA) is 77.1 Å². The van der Waals surface area contributed by atoms with Crippen LogP contribution in [0.1, 0.15) is 25.5 Å². The highest BCUT2D eigenvalue weighted by atomic mass is 19.1. The van der Waals surface area contributed by atoms with Crippen LogP contribution in [-0.2, 0) is 9.53 Å². The molecule has 0 aliphatic carbocycles. The number of esters is 1. The number of rotatable bonds is 4. The van der Waals surface area contributed by atoms with Crippen molar-refractivity contribution in [2.45, 2.75) is 19.9 Å². The average Bonchev–Trinajstić information content (AvgIpc) is 3.16. The monoisotopic (exact) mass is 398 g/mol. The first-order valence-electron chi connectivity index (χ1n) is 9.13. The van der Waals surface area contributed by atoms with Crippen molar-refractivity contribution in [3.63, 3.8) is 0 Å². The number of nitrogens with one attached hydrogen (secondary N) is 1. The molecule has 0 radical (unpaired) electrons. The lowest BCUT2D eigenvalue weighted by Gasteiger charge is -2.35. The fraction of sp³-hybridized carbons (Fsp3) is 0.238. The molecule has 1 N–H and O–H groups in total. The molecule has 0 saturated carbocycles. The molecule has 2 aliphatic heterocycles. The van der Waals surface area contributed by atoms with Crippen molar-refractivity contribution in [1.82, 2.24) is 5.32 Å². The normalized spacial score (nSPS) is 18.0. The molecule has 4 rings (SSSR count). The van der Waals surface area contributed by atoms with Crippen molar-refractivity contribution in [3.05, 3.63) is 65.1 Å². The molecule has 0 fully saturated rings. The molecule has 1 unspecified atom stereocenters. The number of allylic oxidation sites excluding steroid dienone is 1. The predicted octanol–water partition coefficient (Wildman–Crippen LogP) is 3.66. The summed E-state index contributed by atoms with van der Waals surface area (Å²) in [4.78, 5) is 27.1. The molecule has 2 heterocycles. The van der Waals surface area contributed by atoms with Crippen LogP contribution in [0.2, 0.25) is 0 Å². The minimum atomic E-state index is -0.757. The van der Waals surface area contributed by atoms with Gasteiger partial charge in [-0.15, -0.1) is 0 Å². The van der Waals surface area contributed by atoms with E-state index >= 15 is 0 Å². The second kappa shape index (κ2) is 7.46. The molecule has 8 heteroatoms. The summed E-state index contributed by atoms with van der Waals surface area (Å²) in [6.07, 6.45) is 0. The summed E-state index contributed by atoms with van der Waals surface area (Å²) in [6.45, 7) is 3.67. The van der Waals surface area contributed by atoms with Gasteiger partial charge in [0, 0.05) is 11.8 Å². The number of urea groups is 1. The first-order chi connectivity index (χ1) is 14.0. The second-order valence-electron chi connectivity index (χ2n) is 6.53. The standard InChI is InChI=1S/C21H19FN2O5/c1-3-27-20(25)18-12(2)24(15-8-9-16-17(10-15)29-11-28-16)21(26)23-19(18)13-4-6-14(22)7-5-13/h4-10,19H,3,11H2,1-2H3,(H,23,26).